The van der Waals surface area contributed by atoms with Gasteiger partial charge in [0.15, 0.2) is 5.12 Å². The van der Waals surface area contributed by atoms with Crippen LogP contribution >= 0.6 is 11.8 Å². The van der Waals surface area contributed by atoms with Gasteiger partial charge < -0.3 is 0 Å². The molecule has 1 aromatic rings. The van der Waals surface area contributed by atoms with Crippen molar-refractivity contribution in [2.75, 3.05) is 0 Å². The van der Waals surface area contributed by atoms with E-state index in [1.807, 2.05) is 6.07 Å². The third-order valence-electron chi connectivity index (χ3n) is 3.01. The van der Waals surface area contributed by atoms with E-state index in [0.29, 0.717) is 11.5 Å². The Hall–Kier alpha value is -0.803. The second kappa shape index (κ2) is 4.59. The predicted octanol–water partition coefficient (Wildman–Crippen LogP) is 3.08. The van der Waals surface area contributed by atoms with Gasteiger partial charge in [0.05, 0.1) is 0 Å². The van der Waals surface area contributed by atoms with Gasteiger partial charge in [-0.15, -0.1) is 0 Å². The van der Waals surface area contributed by atoms with Crippen molar-refractivity contribution in [3.63, 3.8) is 0 Å². The van der Waals surface area contributed by atoms with Crippen LogP contribution < -0.4 is 5.19 Å². The topological polar surface area (TPSA) is 17.1 Å². The van der Waals surface area contributed by atoms with Crippen molar-refractivity contribution >= 4 is 30.1 Å². The third kappa shape index (κ3) is 2.30. The number of thioether (sulfide) groups is 1. The van der Waals surface area contributed by atoms with Crippen molar-refractivity contribution < 1.29 is 4.79 Å². The predicted molar refractivity (Wildman–Crippen MR) is 73.5 cm³/mol. The second-order valence-corrected chi connectivity index (χ2v) is 10.4. The van der Waals surface area contributed by atoms with E-state index >= 15 is 0 Å². The van der Waals surface area contributed by atoms with Crippen LogP contribution in [0.4, 0.5) is 0 Å². The molecule has 0 unspecified atom stereocenters. The molecule has 1 heterocycles. The SMILES string of the molecule is C[Si](C)(C1=CCCC(=O)S1)c1ccccc1. The monoisotopic (exact) mass is 248 g/mol. The van der Waals surface area contributed by atoms with Gasteiger partial charge in [0.1, 0.15) is 8.07 Å². The van der Waals surface area contributed by atoms with Crippen molar-refractivity contribution in [3.05, 3.63) is 40.9 Å². The van der Waals surface area contributed by atoms with E-state index < -0.39 is 8.07 Å². The molecule has 0 aromatic heterocycles. The molecule has 0 atom stereocenters. The Morgan fingerprint density at radius 3 is 2.50 bits per heavy atom. The van der Waals surface area contributed by atoms with Crippen molar-refractivity contribution in [3.8, 4) is 0 Å². The van der Waals surface area contributed by atoms with Gasteiger partial charge in [-0.25, -0.2) is 0 Å². The summed E-state index contributed by atoms with van der Waals surface area (Å²) in [5.41, 5.74) is 0. The summed E-state index contributed by atoms with van der Waals surface area (Å²) in [6.45, 7) is 4.64. The lowest BCUT2D eigenvalue weighted by Crippen LogP contribution is -2.43. The standard InChI is InChI=1S/C13H16OSSi/c1-16(2,11-7-4-3-5-8-11)13-10-6-9-12(14)15-13/h3-5,7-8,10H,6,9H2,1-2H3. The Morgan fingerprint density at radius 1 is 1.19 bits per heavy atom. The number of benzene rings is 1. The average molecular weight is 248 g/mol. The van der Waals surface area contributed by atoms with Crippen LogP contribution in [0.15, 0.2) is 40.9 Å². The minimum Gasteiger partial charge on any atom is -0.287 e. The Kier molecular flexibility index (Phi) is 3.35. The Balaban J connectivity index is 2.32. The van der Waals surface area contributed by atoms with Gasteiger partial charge in [0, 0.05) is 6.42 Å². The summed E-state index contributed by atoms with van der Waals surface area (Å²) in [6, 6.07) is 10.6. The Labute approximate surface area is 102 Å². The first-order chi connectivity index (χ1) is 7.60. The highest BCUT2D eigenvalue weighted by Gasteiger charge is 2.31. The van der Waals surface area contributed by atoms with Gasteiger partial charge in [0.25, 0.3) is 0 Å². The number of rotatable bonds is 2. The summed E-state index contributed by atoms with van der Waals surface area (Å²) in [5.74, 6) is 0. The summed E-state index contributed by atoms with van der Waals surface area (Å²) in [6.07, 6.45) is 3.89. The van der Waals surface area contributed by atoms with E-state index in [1.54, 1.807) is 0 Å². The smallest absolute Gasteiger partial charge is 0.193 e. The Bertz CT molecular complexity index is 423. The third-order valence-corrected chi connectivity index (χ3v) is 8.88. The molecule has 3 heteroatoms. The zero-order valence-corrected chi connectivity index (χ0v) is 11.5. The normalized spacial score (nSPS) is 17.1. The molecule has 0 saturated heterocycles. The number of carbonyl (C=O) groups is 1. The number of hydrogen-bond acceptors (Lipinski definition) is 2. The van der Waals surface area contributed by atoms with Gasteiger partial charge >= 0.3 is 0 Å². The molecule has 1 aliphatic rings. The van der Waals surface area contributed by atoms with E-state index in [0.717, 1.165) is 6.42 Å². The van der Waals surface area contributed by atoms with Crippen molar-refractivity contribution in [2.24, 2.45) is 0 Å². The fraction of sp³-hybridized carbons (Fsp3) is 0.308. The van der Waals surface area contributed by atoms with Crippen LogP contribution in [0.2, 0.25) is 13.1 Å². The molecule has 0 N–H and O–H groups in total. The van der Waals surface area contributed by atoms with Crippen LogP contribution in [0.1, 0.15) is 12.8 Å². The van der Waals surface area contributed by atoms with Crippen LogP contribution in [0, 0.1) is 0 Å². The first kappa shape index (κ1) is 11.7. The van der Waals surface area contributed by atoms with Crippen LogP contribution in [0.5, 0.6) is 0 Å². The minimum atomic E-state index is -1.62. The lowest BCUT2D eigenvalue weighted by Gasteiger charge is -2.27. The van der Waals surface area contributed by atoms with Gasteiger partial charge in [-0.05, 0) is 10.9 Å². The largest absolute Gasteiger partial charge is 0.287 e. The van der Waals surface area contributed by atoms with E-state index in [2.05, 4.69) is 43.4 Å². The van der Waals surface area contributed by atoms with Crippen molar-refractivity contribution in [1.82, 2.24) is 0 Å². The maximum atomic E-state index is 11.5. The highest BCUT2D eigenvalue weighted by Crippen LogP contribution is 2.32. The van der Waals surface area contributed by atoms with E-state index in [9.17, 15) is 4.79 Å². The summed E-state index contributed by atoms with van der Waals surface area (Å²) < 4.78 is 1.33. The average Bonchev–Trinajstić information content (AvgIpc) is 2.30. The molecule has 0 spiro atoms. The number of carbonyl (C=O) groups excluding carboxylic acids is 1. The molecular formula is C13H16OSSi. The maximum absolute atomic E-state index is 11.5. The molecule has 0 amide bonds. The van der Waals surface area contributed by atoms with E-state index in [1.165, 1.54) is 21.5 Å². The first-order valence-corrected chi connectivity index (χ1v) is 9.39. The second-order valence-electron chi connectivity index (χ2n) is 4.57. The Morgan fingerprint density at radius 2 is 1.88 bits per heavy atom. The number of allylic oxidation sites excluding steroid dienone is 1. The molecule has 0 saturated carbocycles. The van der Waals surface area contributed by atoms with Crippen LogP contribution in [0.3, 0.4) is 0 Å². The van der Waals surface area contributed by atoms with E-state index in [4.69, 9.17) is 0 Å². The van der Waals surface area contributed by atoms with Gasteiger partial charge in [-0.3, -0.25) is 4.79 Å². The fourth-order valence-corrected chi connectivity index (χ4v) is 6.26. The number of hydrogen-bond donors (Lipinski definition) is 0. The highest BCUT2D eigenvalue weighted by atomic mass is 32.2. The molecule has 2 rings (SSSR count). The molecule has 1 nitrogen and oxygen atoms in total. The lowest BCUT2D eigenvalue weighted by atomic mass is 10.3. The summed E-state index contributed by atoms with van der Waals surface area (Å²) in [4.78, 5) is 11.5. The van der Waals surface area contributed by atoms with Gasteiger partial charge in [0.2, 0.25) is 0 Å². The van der Waals surface area contributed by atoms with E-state index in [-0.39, 0.29) is 0 Å². The molecular weight excluding hydrogens is 232 g/mol. The first-order valence-electron chi connectivity index (χ1n) is 5.57. The van der Waals surface area contributed by atoms with Crippen LogP contribution in [-0.4, -0.2) is 13.2 Å². The fourth-order valence-electron chi connectivity index (χ4n) is 1.92. The van der Waals surface area contributed by atoms with Gasteiger partial charge in [-0.2, -0.15) is 0 Å². The zero-order valence-electron chi connectivity index (χ0n) is 9.69. The molecule has 0 aliphatic carbocycles. The summed E-state index contributed by atoms with van der Waals surface area (Å²) in [5, 5.41) is 1.73. The summed E-state index contributed by atoms with van der Waals surface area (Å²) >= 11 is 1.47. The van der Waals surface area contributed by atoms with Crippen LogP contribution in [0.25, 0.3) is 0 Å². The minimum absolute atomic E-state index is 0.328. The van der Waals surface area contributed by atoms with Crippen LogP contribution in [-0.2, 0) is 4.79 Å². The molecule has 0 bridgehead atoms. The molecule has 1 aliphatic heterocycles. The molecule has 1 aromatic carbocycles. The van der Waals surface area contributed by atoms with Crippen molar-refractivity contribution in [1.29, 1.82) is 0 Å². The summed E-state index contributed by atoms with van der Waals surface area (Å²) in [7, 11) is -1.62. The molecule has 16 heavy (non-hydrogen) atoms. The highest BCUT2D eigenvalue weighted by molar-refractivity contribution is 8.18. The quantitative estimate of drug-likeness (QED) is 0.748. The lowest BCUT2D eigenvalue weighted by molar-refractivity contribution is -0.110. The zero-order chi connectivity index (χ0) is 11.6. The van der Waals surface area contributed by atoms with Crippen molar-refractivity contribution in [2.45, 2.75) is 25.9 Å². The molecule has 84 valence electrons. The molecule has 0 fully saturated rings. The maximum Gasteiger partial charge on any atom is 0.193 e. The van der Waals surface area contributed by atoms with Gasteiger partial charge in [-0.1, -0.05) is 66.5 Å². The molecule has 0 radical (unpaired) electrons.